The van der Waals surface area contributed by atoms with Crippen molar-refractivity contribution in [3.05, 3.63) is 65.4 Å². The summed E-state index contributed by atoms with van der Waals surface area (Å²) in [4.78, 5) is 12.0. The van der Waals surface area contributed by atoms with Gasteiger partial charge in [-0.15, -0.1) is 10.2 Å². The van der Waals surface area contributed by atoms with Gasteiger partial charge in [0.2, 0.25) is 0 Å². The van der Waals surface area contributed by atoms with Gasteiger partial charge in [0.05, 0.1) is 5.69 Å². The number of rotatable bonds is 5. The first-order chi connectivity index (χ1) is 11.6. The standard InChI is InChI=1S/C16H12BrFN4O2/c17-11-4-5-15(14(18)6-11)24-8-16(23)21-12-2-1-3-13(7-12)22-9-19-20-10-22/h1-7,9-10H,8H2,(H,21,23). The largest absolute Gasteiger partial charge is 0.481 e. The van der Waals surface area contributed by atoms with Crippen molar-refractivity contribution in [2.24, 2.45) is 0 Å². The molecule has 0 aliphatic rings. The molecular weight excluding hydrogens is 379 g/mol. The van der Waals surface area contributed by atoms with Gasteiger partial charge in [-0.1, -0.05) is 22.0 Å². The van der Waals surface area contributed by atoms with Gasteiger partial charge in [0, 0.05) is 10.2 Å². The molecule has 0 fully saturated rings. The lowest BCUT2D eigenvalue weighted by Gasteiger charge is -2.09. The first-order valence-electron chi connectivity index (χ1n) is 6.94. The summed E-state index contributed by atoms with van der Waals surface area (Å²) in [7, 11) is 0. The van der Waals surface area contributed by atoms with E-state index in [1.54, 1.807) is 41.5 Å². The van der Waals surface area contributed by atoms with Crippen LogP contribution in [0.1, 0.15) is 0 Å². The average Bonchev–Trinajstić information content (AvgIpc) is 3.09. The van der Waals surface area contributed by atoms with Gasteiger partial charge in [-0.3, -0.25) is 9.36 Å². The molecule has 3 rings (SSSR count). The number of benzene rings is 2. The molecule has 2 aromatic carbocycles. The third kappa shape index (κ3) is 3.96. The fraction of sp³-hybridized carbons (Fsp3) is 0.0625. The second-order valence-electron chi connectivity index (χ2n) is 4.83. The second kappa shape index (κ2) is 7.22. The molecule has 1 N–H and O–H groups in total. The summed E-state index contributed by atoms with van der Waals surface area (Å²) in [6.07, 6.45) is 3.11. The maximum atomic E-state index is 13.6. The number of nitrogens with zero attached hydrogens (tertiary/aromatic N) is 3. The van der Waals surface area contributed by atoms with Gasteiger partial charge in [0.25, 0.3) is 5.91 Å². The number of carbonyl (C=O) groups is 1. The van der Waals surface area contributed by atoms with Crippen LogP contribution in [-0.4, -0.2) is 27.3 Å². The molecule has 8 heteroatoms. The van der Waals surface area contributed by atoms with Crippen LogP contribution in [-0.2, 0) is 4.79 Å². The Bertz CT molecular complexity index is 855. The maximum Gasteiger partial charge on any atom is 0.262 e. The van der Waals surface area contributed by atoms with E-state index in [9.17, 15) is 9.18 Å². The molecule has 122 valence electrons. The van der Waals surface area contributed by atoms with Gasteiger partial charge in [0.15, 0.2) is 18.2 Å². The van der Waals surface area contributed by atoms with Crippen molar-refractivity contribution < 1.29 is 13.9 Å². The topological polar surface area (TPSA) is 69.0 Å². The summed E-state index contributed by atoms with van der Waals surface area (Å²) >= 11 is 3.16. The highest BCUT2D eigenvalue weighted by atomic mass is 79.9. The van der Waals surface area contributed by atoms with Crippen molar-refractivity contribution in [3.63, 3.8) is 0 Å². The molecule has 0 aliphatic heterocycles. The molecule has 1 heterocycles. The van der Waals surface area contributed by atoms with Crippen LogP contribution in [0.15, 0.2) is 59.6 Å². The molecule has 0 atom stereocenters. The van der Waals surface area contributed by atoms with Crippen LogP contribution in [0.5, 0.6) is 5.75 Å². The average molecular weight is 391 g/mol. The lowest BCUT2D eigenvalue weighted by molar-refractivity contribution is -0.118. The minimum absolute atomic E-state index is 0.0200. The Kier molecular flexibility index (Phi) is 4.85. The van der Waals surface area contributed by atoms with E-state index < -0.39 is 11.7 Å². The highest BCUT2D eigenvalue weighted by Gasteiger charge is 2.08. The summed E-state index contributed by atoms with van der Waals surface area (Å²) in [6.45, 7) is -0.296. The Morgan fingerprint density at radius 2 is 2.00 bits per heavy atom. The zero-order valence-electron chi connectivity index (χ0n) is 12.3. The smallest absolute Gasteiger partial charge is 0.262 e. The molecule has 1 aromatic heterocycles. The van der Waals surface area contributed by atoms with Gasteiger partial charge in [-0.2, -0.15) is 0 Å². The maximum absolute atomic E-state index is 13.6. The highest BCUT2D eigenvalue weighted by molar-refractivity contribution is 9.10. The van der Waals surface area contributed by atoms with Crippen LogP contribution in [0.3, 0.4) is 0 Å². The Morgan fingerprint density at radius 1 is 1.21 bits per heavy atom. The molecule has 0 aliphatic carbocycles. The van der Waals surface area contributed by atoms with Gasteiger partial charge in [-0.05, 0) is 36.4 Å². The highest BCUT2D eigenvalue weighted by Crippen LogP contribution is 2.21. The molecule has 0 saturated heterocycles. The lowest BCUT2D eigenvalue weighted by atomic mass is 10.2. The van der Waals surface area contributed by atoms with Crippen molar-refractivity contribution in [1.82, 2.24) is 14.8 Å². The zero-order valence-corrected chi connectivity index (χ0v) is 13.9. The van der Waals surface area contributed by atoms with E-state index in [4.69, 9.17) is 4.74 Å². The first-order valence-corrected chi connectivity index (χ1v) is 7.74. The van der Waals surface area contributed by atoms with Crippen LogP contribution in [0.25, 0.3) is 5.69 Å². The summed E-state index contributed by atoms with van der Waals surface area (Å²) in [5.41, 5.74) is 1.39. The van der Waals surface area contributed by atoms with Crippen LogP contribution >= 0.6 is 15.9 Å². The number of aromatic nitrogens is 3. The van der Waals surface area contributed by atoms with Crippen molar-refractivity contribution in [3.8, 4) is 11.4 Å². The SMILES string of the molecule is O=C(COc1ccc(Br)cc1F)Nc1cccc(-n2cnnc2)c1. The van der Waals surface area contributed by atoms with Crippen LogP contribution in [0, 0.1) is 5.82 Å². The zero-order chi connectivity index (χ0) is 16.9. The Balaban J connectivity index is 1.62. The fourth-order valence-electron chi connectivity index (χ4n) is 2.01. The number of nitrogens with one attached hydrogen (secondary N) is 1. The summed E-state index contributed by atoms with van der Waals surface area (Å²) in [6, 6.07) is 11.5. The Hall–Kier alpha value is -2.74. The molecule has 0 radical (unpaired) electrons. The molecule has 24 heavy (non-hydrogen) atoms. The van der Waals surface area contributed by atoms with Crippen molar-refractivity contribution in [2.45, 2.75) is 0 Å². The number of hydrogen-bond acceptors (Lipinski definition) is 4. The number of amides is 1. The normalized spacial score (nSPS) is 10.4. The quantitative estimate of drug-likeness (QED) is 0.726. The minimum Gasteiger partial charge on any atom is -0.481 e. The van der Waals surface area contributed by atoms with Crippen molar-refractivity contribution >= 4 is 27.5 Å². The number of carbonyl (C=O) groups excluding carboxylic acids is 1. The van der Waals surface area contributed by atoms with E-state index in [2.05, 4.69) is 31.4 Å². The number of ether oxygens (including phenoxy) is 1. The van der Waals surface area contributed by atoms with Gasteiger partial charge >= 0.3 is 0 Å². The predicted molar refractivity (Wildman–Crippen MR) is 89.6 cm³/mol. The lowest BCUT2D eigenvalue weighted by Crippen LogP contribution is -2.20. The molecule has 1 amide bonds. The van der Waals surface area contributed by atoms with Gasteiger partial charge in [0.1, 0.15) is 12.7 Å². The van der Waals surface area contributed by atoms with Gasteiger partial charge < -0.3 is 10.1 Å². The number of halogens is 2. The molecule has 0 saturated carbocycles. The first kappa shape index (κ1) is 16.1. The van der Waals surface area contributed by atoms with Crippen LogP contribution in [0.2, 0.25) is 0 Å². The minimum atomic E-state index is -0.535. The van der Waals surface area contributed by atoms with Gasteiger partial charge in [-0.25, -0.2) is 4.39 Å². The third-order valence-corrected chi connectivity index (χ3v) is 3.59. The summed E-state index contributed by atoms with van der Waals surface area (Å²) in [5.74, 6) is -0.906. The van der Waals surface area contributed by atoms with E-state index in [1.165, 1.54) is 12.1 Å². The van der Waals surface area contributed by atoms with Crippen molar-refractivity contribution in [2.75, 3.05) is 11.9 Å². The fourth-order valence-corrected chi connectivity index (χ4v) is 2.34. The molecule has 0 unspecified atom stereocenters. The predicted octanol–water partition coefficient (Wildman–Crippen LogP) is 3.19. The molecule has 0 spiro atoms. The second-order valence-corrected chi connectivity index (χ2v) is 5.75. The Morgan fingerprint density at radius 3 is 2.75 bits per heavy atom. The third-order valence-electron chi connectivity index (χ3n) is 3.10. The number of hydrogen-bond donors (Lipinski definition) is 1. The monoisotopic (exact) mass is 390 g/mol. The Labute approximate surface area is 145 Å². The molecule has 6 nitrogen and oxygen atoms in total. The van der Waals surface area contributed by atoms with Crippen LogP contribution < -0.4 is 10.1 Å². The van der Waals surface area contributed by atoms with E-state index in [0.29, 0.717) is 10.2 Å². The van der Waals surface area contributed by atoms with Crippen LogP contribution in [0.4, 0.5) is 10.1 Å². The number of anilines is 1. The van der Waals surface area contributed by atoms with E-state index in [0.717, 1.165) is 5.69 Å². The van der Waals surface area contributed by atoms with E-state index in [-0.39, 0.29) is 12.4 Å². The molecular formula is C16H12BrFN4O2. The molecule has 3 aromatic rings. The molecule has 0 bridgehead atoms. The van der Waals surface area contributed by atoms with Crippen molar-refractivity contribution in [1.29, 1.82) is 0 Å². The summed E-state index contributed by atoms with van der Waals surface area (Å²) in [5, 5.41) is 10.2. The summed E-state index contributed by atoms with van der Waals surface area (Å²) < 4.78 is 21.1. The van der Waals surface area contributed by atoms with E-state index >= 15 is 0 Å². The van der Waals surface area contributed by atoms with E-state index in [1.807, 2.05) is 6.07 Å².